The van der Waals surface area contributed by atoms with Crippen LogP contribution in [-0.4, -0.2) is 42.5 Å². The third-order valence-corrected chi connectivity index (χ3v) is 4.17. The monoisotopic (exact) mass is 346 g/mol. The van der Waals surface area contributed by atoms with E-state index in [1.54, 1.807) is 7.11 Å². The van der Waals surface area contributed by atoms with Gasteiger partial charge in [-0.25, -0.2) is 4.79 Å². The molecular formula is C20H30N2O3. The van der Waals surface area contributed by atoms with Gasteiger partial charge in [0.25, 0.3) is 0 Å². The Morgan fingerprint density at radius 1 is 1.32 bits per heavy atom. The molecule has 25 heavy (non-hydrogen) atoms. The Bertz CT molecular complexity index is 643. The van der Waals surface area contributed by atoms with Crippen molar-refractivity contribution in [2.45, 2.75) is 53.2 Å². The number of aliphatic imine (C=N–C) groups is 1. The first-order valence-corrected chi connectivity index (χ1v) is 8.94. The van der Waals surface area contributed by atoms with Gasteiger partial charge in [-0.15, -0.1) is 0 Å². The maximum atomic E-state index is 12.3. The Labute approximate surface area is 151 Å². The minimum Gasteiger partial charge on any atom is -0.496 e. The summed E-state index contributed by atoms with van der Waals surface area (Å²) in [7, 11) is 1.64. The molecule has 138 valence electrons. The smallest absolute Gasteiger partial charge is 0.434 e. The van der Waals surface area contributed by atoms with Gasteiger partial charge in [0.1, 0.15) is 11.4 Å². The molecule has 1 heterocycles. The summed E-state index contributed by atoms with van der Waals surface area (Å²) in [4.78, 5) is 18.9. The Hall–Kier alpha value is -1.88. The van der Waals surface area contributed by atoms with Crippen LogP contribution >= 0.6 is 0 Å². The Kier molecular flexibility index (Phi) is 6.22. The van der Waals surface area contributed by atoms with E-state index >= 15 is 0 Å². The van der Waals surface area contributed by atoms with Gasteiger partial charge in [0.2, 0.25) is 0 Å². The highest BCUT2D eigenvalue weighted by molar-refractivity contribution is 6.08. The molecule has 1 aliphatic rings. The molecule has 1 unspecified atom stereocenters. The largest absolute Gasteiger partial charge is 0.496 e. The molecule has 0 saturated carbocycles. The summed E-state index contributed by atoms with van der Waals surface area (Å²) >= 11 is 0. The van der Waals surface area contributed by atoms with E-state index in [1.165, 1.54) is 5.56 Å². The van der Waals surface area contributed by atoms with Gasteiger partial charge in [-0.2, -0.15) is 4.99 Å². The molecule has 0 aromatic heterocycles. The van der Waals surface area contributed by atoms with Crippen LogP contribution in [0.2, 0.25) is 0 Å². The Morgan fingerprint density at radius 3 is 2.52 bits per heavy atom. The van der Waals surface area contributed by atoms with E-state index in [0.29, 0.717) is 0 Å². The zero-order chi connectivity index (χ0) is 18.6. The van der Waals surface area contributed by atoms with E-state index < -0.39 is 11.7 Å². The molecule has 0 radical (unpaired) electrons. The van der Waals surface area contributed by atoms with Crippen LogP contribution in [0.15, 0.2) is 23.2 Å². The molecule has 0 spiro atoms. The van der Waals surface area contributed by atoms with Crippen molar-refractivity contribution in [2.24, 2.45) is 10.9 Å². The highest BCUT2D eigenvalue weighted by Gasteiger charge is 2.23. The highest BCUT2D eigenvalue weighted by atomic mass is 16.6. The number of benzene rings is 1. The van der Waals surface area contributed by atoms with Crippen molar-refractivity contribution >= 4 is 11.8 Å². The predicted octanol–water partition coefficient (Wildman–Crippen LogP) is 4.28. The number of carbonyl (C=O) groups is 1. The van der Waals surface area contributed by atoms with Crippen molar-refractivity contribution in [3.63, 3.8) is 0 Å². The molecule has 5 nitrogen and oxygen atoms in total. The zero-order valence-corrected chi connectivity index (χ0v) is 16.3. The second kappa shape index (κ2) is 8.00. The lowest BCUT2D eigenvalue weighted by Gasteiger charge is -2.20. The van der Waals surface area contributed by atoms with E-state index in [2.05, 4.69) is 35.9 Å². The summed E-state index contributed by atoms with van der Waals surface area (Å²) in [5.41, 5.74) is 2.24. The number of amides is 1. The van der Waals surface area contributed by atoms with Gasteiger partial charge in [0.05, 0.1) is 12.8 Å². The van der Waals surface area contributed by atoms with Crippen molar-refractivity contribution in [3.8, 4) is 5.75 Å². The first kappa shape index (κ1) is 19.4. The summed E-state index contributed by atoms with van der Waals surface area (Å²) < 4.78 is 10.9. The number of methoxy groups -OCH3 is 1. The van der Waals surface area contributed by atoms with E-state index in [4.69, 9.17) is 9.47 Å². The minimum atomic E-state index is -0.563. The fraction of sp³-hybridized carbons (Fsp3) is 0.600. The summed E-state index contributed by atoms with van der Waals surface area (Å²) in [5, 5.41) is 0. The third kappa shape index (κ3) is 5.85. The van der Waals surface area contributed by atoms with Crippen LogP contribution in [0.5, 0.6) is 5.75 Å². The van der Waals surface area contributed by atoms with Crippen LogP contribution in [0.4, 0.5) is 4.79 Å². The van der Waals surface area contributed by atoms with Crippen molar-refractivity contribution in [1.82, 2.24) is 4.90 Å². The molecule has 1 saturated heterocycles. The second-order valence-corrected chi connectivity index (χ2v) is 7.60. The average molecular weight is 346 g/mol. The fourth-order valence-corrected chi connectivity index (χ4v) is 2.55. The zero-order valence-electron chi connectivity index (χ0n) is 16.3. The number of nitrogens with zero attached hydrogens (tertiary/aromatic N) is 2. The maximum absolute atomic E-state index is 12.3. The summed E-state index contributed by atoms with van der Waals surface area (Å²) in [6, 6.07) is 6.12. The van der Waals surface area contributed by atoms with Crippen molar-refractivity contribution in [2.75, 3.05) is 20.2 Å². The lowest BCUT2D eigenvalue weighted by molar-refractivity contribution is 0.0603. The molecule has 1 amide bonds. The summed E-state index contributed by atoms with van der Waals surface area (Å²) in [6.45, 7) is 12.9. The van der Waals surface area contributed by atoms with Gasteiger partial charge >= 0.3 is 6.09 Å². The third-order valence-electron chi connectivity index (χ3n) is 4.17. The van der Waals surface area contributed by atoms with Gasteiger partial charge in [0, 0.05) is 25.2 Å². The van der Waals surface area contributed by atoms with Gasteiger partial charge in [0.15, 0.2) is 0 Å². The predicted molar refractivity (Wildman–Crippen MR) is 100 cm³/mol. The van der Waals surface area contributed by atoms with E-state index in [0.717, 1.165) is 43.1 Å². The van der Waals surface area contributed by atoms with Gasteiger partial charge in [-0.3, -0.25) is 4.90 Å². The van der Waals surface area contributed by atoms with Gasteiger partial charge < -0.3 is 9.47 Å². The molecule has 0 aliphatic carbocycles. The van der Waals surface area contributed by atoms with Gasteiger partial charge in [-0.05, 0) is 50.8 Å². The number of ether oxygens (including phenoxy) is 2. The average Bonchev–Trinajstić information content (AvgIpc) is 3.34. The number of carbonyl (C=O) groups excluding carboxylic acids is 1. The molecule has 1 aromatic carbocycles. The minimum absolute atomic E-state index is 0.123. The molecule has 1 atom stereocenters. The SMILES string of the molecule is CCC(C)C(=NC(=O)OC(C)(C)C)c1cc(CN2CC2)ccc1OC. The van der Waals surface area contributed by atoms with Crippen molar-refractivity contribution in [3.05, 3.63) is 29.3 Å². The van der Waals surface area contributed by atoms with Gasteiger partial charge in [-0.1, -0.05) is 19.9 Å². The van der Waals surface area contributed by atoms with Crippen LogP contribution < -0.4 is 4.74 Å². The number of hydrogen-bond donors (Lipinski definition) is 0. The van der Waals surface area contributed by atoms with Crippen molar-refractivity contribution < 1.29 is 14.3 Å². The van der Waals surface area contributed by atoms with E-state index in [9.17, 15) is 4.79 Å². The molecule has 1 fully saturated rings. The van der Waals surface area contributed by atoms with E-state index in [-0.39, 0.29) is 5.92 Å². The van der Waals surface area contributed by atoms with Crippen LogP contribution in [-0.2, 0) is 11.3 Å². The Balaban J connectivity index is 2.39. The molecule has 1 aromatic rings. The quantitative estimate of drug-likeness (QED) is 0.570. The molecule has 0 bridgehead atoms. The fourth-order valence-electron chi connectivity index (χ4n) is 2.55. The first-order valence-electron chi connectivity index (χ1n) is 8.94. The van der Waals surface area contributed by atoms with Crippen molar-refractivity contribution in [1.29, 1.82) is 0 Å². The number of rotatable bonds is 6. The lowest BCUT2D eigenvalue weighted by atomic mass is 9.94. The van der Waals surface area contributed by atoms with Crippen LogP contribution in [0.1, 0.15) is 52.2 Å². The first-order chi connectivity index (χ1) is 11.7. The van der Waals surface area contributed by atoms with Crippen LogP contribution in [0.3, 0.4) is 0 Å². The standard InChI is InChI=1S/C20H30N2O3/c1-7-14(2)18(21-19(23)25-20(3,4)5)16-12-15(13-22-10-11-22)8-9-17(16)24-6/h8-9,12,14H,7,10-11,13H2,1-6H3. The summed E-state index contributed by atoms with van der Waals surface area (Å²) in [6.07, 6.45) is 0.322. The Morgan fingerprint density at radius 2 is 2.00 bits per heavy atom. The summed E-state index contributed by atoms with van der Waals surface area (Å²) in [5.74, 6) is 0.857. The highest BCUT2D eigenvalue weighted by Crippen LogP contribution is 2.27. The molecule has 5 heteroatoms. The molecule has 1 aliphatic heterocycles. The topological polar surface area (TPSA) is 50.9 Å². The molecule has 2 rings (SSSR count). The normalized spacial score (nSPS) is 16.5. The lowest BCUT2D eigenvalue weighted by Crippen LogP contribution is -2.24. The molecule has 0 N–H and O–H groups in total. The van der Waals surface area contributed by atoms with Crippen LogP contribution in [0, 0.1) is 5.92 Å². The maximum Gasteiger partial charge on any atom is 0.434 e. The number of hydrogen-bond acceptors (Lipinski definition) is 4. The second-order valence-electron chi connectivity index (χ2n) is 7.60. The molecular weight excluding hydrogens is 316 g/mol. The van der Waals surface area contributed by atoms with Crippen LogP contribution in [0.25, 0.3) is 0 Å². The van der Waals surface area contributed by atoms with E-state index in [1.807, 2.05) is 26.8 Å².